The maximum absolute atomic E-state index is 12.6. The van der Waals surface area contributed by atoms with Crippen molar-refractivity contribution < 1.29 is 37.6 Å². The number of phosphoric acid groups is 1. The minimum Gasteiger partial charge on any atom is -0.462 e. The van der Waals surface area contributed by atoms with Crippen molar-refractivity contribution in [3.05, 3.63) is 109 Å². The Morgan fingerprint density at radius 1 is 0.423 bits per heavy atom. The zero-order valence-electron chi connectivity index (χ0n) is 45.2. The fourth-order valence-electron chi connectivity index (χ4n) is 7.55. The lowest BCUT2D eigenvalue weighted by molar-refractivity contribution is -0.161. The molecule has 0 bridgehead atoms. The number of carbonyl (C=O) groups is 2. The normalized spacial score (nSPS) is 13.9. The first-order chi connectivity index (χ1) is 34.8. The first-order valence-corrected chi connectivity index (χ1v) is 29.9. The minimum absolute atomic E-state index is 0.0404. The largest absolute Gasteiger partial charge is 0.472 e. The van der Waals surface area contributed by atoms with Gasteiger partial charge in [0.2, 0.25) is 0 Å². The van der Waals surface area contributed by atoms with Crippen LogP contribution in [-0.4, -0.2) is 49.3 Å². The average Bonchev–Trinajstić information content (AvgIpc) is 3.36. The molecule has 0 aliphatic rings. The third-order valence-electron chi connectivity index (χ3n) is 11.7. The number of hydrogen-bond donors (Lipinski definition) is 2. The van der Waals surface area contributed by atoms with Crippen LogP contribution >= 0.6 is 7.82 Å². The van der Waals surface area contributed by atoms with Crippen LogP contribution in [0.4, 0.5) is 0 Å². The van der Waals surface area contributed by atoms with Crippen LogP contribution in [0.15, 0.2) is 109 Å². The molecule has 0 rings (SSSR count). The molecule has 2 unspecified atom stereocenters. The van der Waals surface area contributed by atoms with E-state index in [1.165, 1.54) is 116 Å². The SMILES string of the molecule is CC/C=C\C/C=C\C/C=C\C/C=C\C/C=C\CCCC(=O)OC(COC(=O)CCCCCCCCCCCCCCCCCCCCCC/C=C\C/C=C\C/C=C\C/C=C\CC)COP(=O)(O)OCCN. The van der Waals surface area contributed by atoms with Gasteiger partial charge in [-0.2, -0.15) is 0 Å². The lowest BCUT2D eigenvalue weighted by Crippen LogP contribution is -2.29. The van der Waals surface area contributed by atoms with Crippen LogP contribution < -0.4 is 5.73 Å². The second-order valence-electron chi connectivity index (χ2n) is 18.4. The Bertz CT molecular complexity index is 1530. The summed E-state index contributed by atoms with van der Waals surface area (Å²) in [4.78, 5) is 35.1. The number of carbonyl (C=O) groups excluding carboxylic acids is 2. The zero-order valence-corrected chi connectivity index (χ0v) is 46.1. The van der Waals surface area contributed by atoms with Crippen molar-refractivity contribution in [2.24, 2.45) is 5.73 Å². The van der Waals surface area contributed by atoms with Crippen molar-refractivity contribution in [1.82, 2.24) is 0 Å². The van der Waals surface area contributed by atoms with Gasteiger partial charge in [0.25, 0.3) is 0 Å². The summed E-state index contributed by atoms with van der Waals surface area (Å²) in [6.07, 6.45) is 76.0. The van der Waals surface area contributed by atoms with Gasteiger partial charge in [0, 0.05) is 19.4 Å². The molecular formula is C61H104NO8P. The highest BCUT2D eigenvalue weighted by Gasteiger charge is 2.26. The van der Waals surface area contributed by atoms with Gasteiger partial charge in [-0.1, -0.05) is 239 Å². The highest BCUT2D eigenvalue weighted by molar-refractivity contribution is 7.47. The lowest BCUT2D eigenvalue weighted by atomic mass is 10.0. The quantitative estimate of drug-likeness (QED) is 0.0264. The van der Waals surface area contributed by atoms with Crippen molar-refractivity contribution in [2.45, 2.75) is 238 Å². The molecule has 2 atom stereocenters. The average molecular weight is 1010 g/mol. The van der Waals surface area contributed by atoms with Crippen molar-refractivity contribution >= 4 is 19.8 Å². The van der Waals surface area contributed by atoms with Crippen molar-refractivity contribution in [3.63, 3.8) is 0 Å². The van der Waals surface area contributed by atoms with E-state index in [9.17, 15) is 19.0 Å². The summed E-state index contributed by atoms with van der Waals surface area (Å²) in [6.45, 7) is 3.45. The molecule has 0 amide bonds. The van der Waals surface area contributed by atoms with E-state index in [1.54, 1.807) is 0 Å². The van der Waals surface area contributed by atoms with Crippen LogP contribution in [0.5, 0.6) is 0 Å². The second-order valence-corrected chi connectivity index (χ2v) is 19.8. The molecule has 406 valence electrons. The van der Waals surface area contributed by atoms with Gasteiger partial charge in [-0.25, -0.2) is 4.57 Å². The van der Waals surface area contributed by atoms with E-state index >= 15 is 0 Å². The molecule has 0 aliphatic carbocycles. The number of esters is 2. The van der Waals surface area contributed by atoms with Gasteiger partial charge in [-0.05, 0) is 89.9 Å². The summed E-state index contributed by atoms with van der Waals surface area (Å²) in [5.74, 6) is -0.897. The van der Waals surface area contributed by atoms with Gasteiger partial charge < -0.3 is 20.1 Å². The second kappa shape index (κ2) is 56.0. The van der Waals surface area contributed by atoms with Crippen LogP contribution in [0.25, 0.3) is 0 Å². The van der Waals surface area contributed by atoms with E-state index in [-0.39, 0.29) is 32.6 Å². The Kier molecular flexibility index (Phi) is 53.3. The number of phosphoric ester groups is 1. The molecule has 10 heteroatoms. The van der Waals surface area contributed by atoms with Crippen LogP contribution in [0.3, 0.4) is 0 Å². The molecule has 3 N–H and O–H groups in total. The van der Waals surface area contributed by atoms with E-state index in [0.717, 1.165) is 77.0 Å². The Balaban J connectivity index is 3.94. The fraction of sp³-hybridized carbons (Fsp3) is 0.672. The number of nitrogens with two attached hydrogens (primary N) is 1. The predicted octanol–water partition coefficient (Wildman–Crippen LogP) is 17.8. The summed E-state index contributed by atoms with van der Waals surface area (Å²) < 4.78 is 32.9. The minimum atomic E-state index is -4.41. The third-order valence-corrected chi connectivity index (χ3v) is 12.6. The predicted molar refractivity (Wildman–Crippen MR) is 302 cm³/mol. The first kappa shape index (κ1) is 67.7. The maximum Gasteiger partial charge on any atom is 0.472 e. The monoisotopic (exact) mass is 1010 g/mol. The van der Waals surface area contributed by atoms with Crippen molar-refractivity contribution in [2.75, 3.05) is 26.4 Å². The van der Waals surface area contributed by atoms with Crippen LogP contribution in [0, 0.1) is 0 Å². The number of rotatable bonds is 52. The van der Waals surface area contributed by atoms with Crippen LogP contribution in [-0.2, 0) is 32.7 Å². The molecule has 9 nitrogen and oxygen atoms in total. The van der Waals surface area contributed by atoms with E-state index < -0.39 is 32.5 Å². The first-order valence-electron chi connectivity index (χ1n) is 28.4. The van der Waals surface area contributed by atoms with Crippen LogP contribution in [0.1, 0.15) is 232 Å². The van der Waals surface area contributed by atoms with Crippen molar-refractivity contribution in [1.29, 1.82) is 0 Å². The summed E-state index contributed by atoms with van der Waals surface area (Å²) in [6, 6.07) is 0. The van der Waals surface area contributed by atoms with Gasteiger partial charge in [-0.3, -0.25) is 18.6 Å². The van der Waals surface area contributed by atoms with Gasteiger partial charge in [0.1, 0.15) is 6.61 Å². The Hall–Kier alpha value is -3.33. The molecule has 0 fully saturated rings. The van der Waals surface area contributed by atoms with E-state index in [1.807, 2.05) is 6.08 Å². The molecule has 0 spiro atoms. The number of unbranched alkanes of at least 4 members (excludes halogenated alkanes) is 21. The molecular weight excluding hydrogens is 906 g/mol. The van der Waals surface area contributed by atoms with Crippen LogP contribution in [0.2, 0.25) is 0 Å². The van der Waals surface area contributed by atoms with Gasteiger partial charge in [-0.15, -0.1) is 0 Å². The zero-order chi connectivity index (χ0) is 51.7. The van der Waals surface area contributed by atoms with E-state index in [0.29, 0.717) is 12.8 Å². The summed E-state index contributed by atoms with van der Waals surface area (Å²) >= 11 is 0. The number of hydrogen-bond acceptors (Lipinski definition) is 8. The standard InChI is InChI=1S/C61H104NO8P/c1-3-5-7-9-11-13-15-17-19-21-22-23-24-25-26-27-28-29-30-31-32-33-34-35-36-38-39-41-43-45-47-49-51-53-60(63)67-57-59(58-69-71(65,66)68-56-55-62)70-61(64)54-52-50-48-46-44-42-40-37-20-18-16-14-12-10-8-6-4-2/h5-8,11-14,17-20,22-23,40,42,46,48,59H,3-4,9-10,15-16,21,24-39,41,43-45,47,49-58,62H2,1-2H3,(H,65,66)/b7-5-,8-6-,13-11-,14-12-,19-17-,20-18-,23-22-,42-40-,48-46-. The summed E-state index contributed by atoms with van der Waals surface area (Å²) in [5, 5.41) is 0. The van der Waals surface area contributed by atoms with Crippen molar-refractivity contribution in [3.8, 4) is 0 Å². The number of ether oxygens (including phenoxy) is 2. The Morgan fingerprint density at radius 2 is 0.746 bits per heavy atom. The molecule has 0 aromatic rings. The lowest BCUT2D eigenvalue weighted by Gasteiger charge is -2.19. The van der Waals surface area contributed by atoms with Gasteiger partial charge >= 0.3 is 19.8 Å². The topological polar surface area (TPSA) is 134 Å². The fourth-order valence-corrected chi connectivity index (χ4v) is 8.31. The highest BCUT2D eigenvalue weighted by atomic mass is 31.2. The number of allylic oxidation sites excluding steroid dienone is 18. The van der Waals surface area contributed by atoms with Gasteiger partial charge in [0.15, 0.2) is 6.10 Å². The molecule has 0 aromatic carbocycles. The van der Waals surface area contributed by atoms with Gasteiger partial charge in [0.05, 0.1) is 13.2 Å². The smallest absolute Gasteiger partial charge is 0.462 e. The van der Waals surface area contributed by atoms with E-state index in [4.69, 9.17) is 24.3 Å². The molecule has 0 saturated heterocycles. The maximum atomic E-state index is 12.6. The van der Waals surface area contributed by atoms with E-state index in [2.05, 4.69) is 117 Å². The summed E-state index contributed by atoms with van der Waals surface area (Å²) in [5.41, 5.74) is 5.37. The third kappa shape index (κ3) is 55.8. The Morgan fingerprint density at radius 3 is 1.13 bits per heavy atom. The summed E-state index contributed by atoms with van der Waals surface area (Å²) in [7, 11) is -4.41. The molecule has 0 aliphatic heterocycles. The highest BCUT2D eigenvalue weighted by Crippen LogP contribution is 2.43. The molecule has 0 radical (unpaired) electrons. The molecule has 0 saturated carbocycles. The Labute approximate surface area is 435 Å². The molecule has 71 heavy (non-hydrogen) atoms. The molecule has 0 aromatic heterocycles. The molecule has 0 heterocycles.